The monoisotopic (exact) mass is 445 g/mol. The van der Waals surface area contributed by atoms with E-state index in [4.69, 9.17) is 4.74 Å². The van der Waals surface area contributed by atoms with Gasteiger partial charge in [-0.2, -0.15) is 18.4 Å². The van der Waals surface area contributed by atoms with Gasteiger partial charge in [-0.05, 0) is 37.6 Å². The molecule has 3 rings (SSSR count). The highest BCUT2D eigenvalue weighted by molar-refractivity contribution is 5.84. The van der Waals surface area contributed by atoms with Gasteiger partial charge in [0.05, 0.1) is 29.7 Å². The number of carbonyl (C=O) groups excluding carboxylic acids is 1. The van der Waals surface area contributed by atoms with Gasteiger partial charge in [0.15, 0.2) is 5.69 Å². The Labute approximate surface area is 183 Å². The van der Waals surface area contributed by atoms with Crippen molar-refractivity contribution in [1.82, 2.24) is 19.4 Å². The normalized spacial score (nSPS) is 11.4. The van der Waals surface area contributed by atoms with Gasteiger partial charge < -0.3 is 14.2 Å². The van der Waals surface area contributed by atoms with Crippen LogP contribution in [0.2, 0.25) is 0 Å². The number of nitrogens with zero attached hydrogens (tertiary/aromatic N) is 5. The zero-order valence-electron chi connectivity index (χ0n) is 17.9. The van der Waals surface area contributed by atoms with E-state index in [1.54, 1.807) is 22.6 Å². The van der Waals surface area contributed by atoms with Crippen molar-refractivity contribution in [3.63, 3.8) is 0 Å². The van der Waals surface area contributed by atoms with Gasteiger partial charge in [-0.3, -0.25) is 4.79 Å². The van der Waals surface area contributed by atoms with Crippen LogP contribution in [0.15, 0.2) is 30.6 Å². The van der Waals surface area contributed by atoms with Crippen molar-refractivity contribution in [2.75, 3.05) is 19.7 Å². The Hall–Kier alpha value is -3.61. The number of pyridine rings is 1. The predicted molar refractivity (Wildman–Crippen MR) is 112 cm³/mol. The molecule has 0 fully saturated rings. The quantitative estimate of drug-likeness (QED) is 0.510. The SMILES string of the molecule is CCN(CCCOc1ccc(-c2cc3c(ncn3C)c(C#N)n2)cc1C(F)(F)F)C(C)=O. The van der Waals surface area contributed by atoms with Crippen molar-refractivity contribution in [3.8, 4) is 23.1 Å². The van der Waals surface area contributed by atoms with Crippen LogP contribution in [0.3, 0.4) is 0 Å². The first-order chi connectivity index (χ1) is 15.2. The Morgan fingerprint density at radius 2 is 2.06 bits per heavy atom. The molecule has 0 saturated carbocycles. The average molecular weight is 445 g/mol. The highest BCUT2D eigenvalue weighted by Gasteiger charge is 2.35. The maximum absolute atomic E-state index is 13.7. The van der Waals surface area contributed by atoms with Gasteiger partial charge in [-0.25, -0.2) is 9.97 Å². The third-order valence-electron chi connectivity index (χ3n) is 5.06. The third-order valence-corrected chi connectivity index (χ3v) is 5.06. The molecule has 7 nitrogen and oxygen atoms in total. The minimum absolute atomic E-state index is 0.0318. The summed E-state index contributed by atoms with van der Waals surface area (Å²) in [6, 6.07) is 7.24. The summed E-state index contributed by atoms with van der Waals surface area (Å²) in [7, 11) is 1.73. The molecule has 168 valence electrons. The molecule has 2 heterocycles. The summed E-state index contributed by atoms with van der Waals surface area (Å²) in [6.07, 6.45) is -2.73. The third kappa shape index (κ3) is 4.82. The minimum Gasteiger partial charge on any atom is -0.493 e. The first kappa shape index (κ1) is 23.1. The summed E-state index contributed by atoms with van der Waals surface area (Å²) < 4.78 is 48.3. The van der Waals surface area contributed by atoms with Gasteiger partial charge >= 0.3 is 6.18 Å². The lowest BCUT2D eigenvalue weighted by molar-refractivity contribution is -0.138. The summed E-state index contributed by atoms with van der Waals surface area (Å²) in [6.45, 7) is 4.23. The smallest absolute Gasteiger partial charge is 0.419 e. The first-order valence-corrected chi connectivity index (χ1v) is 9.97. The number of amides is 1. The van der Waals surface area contributed by atoms with E-state index in [-0.39, 0.29) is 35.2 Å². The Bertz CT molecular complexity index is 1180. The second-order valence-electron chi connectivity index (χ2n) is 7.20. The number of aromatic nitrogens is 3. The van der Waals surface area contributed by atoms with Crippen LogP contribution in [0.25, 0.3) is 22.3 Å². The number of aryl methyl sites for hydroxylation is 1. The van der Waals surface area contributed by atoms with Gasteiger partial charge in [-0.1, -0.05) is 0 Å². The van der Waals surface area contributed by atoms with Crippen molar-refractivity contribution >= 4 is 16.9 Å². The van der Waals surface area contributed by atoms with Crippen LogP contribution in [-0.2, 0) is 18.0 Å². The van der Waals surface area contributed by atoms with Crippen LogP contribution in [0.5, 0.6) is 5.75 Å². The lowest BCUT2D eigenvalue weighted by Gasteiger charge is -2.19. The number of alkyl halides is 3. The molecule has 0 saturated heterocycles. The molecular formula is C22H22F3N5O2. The lowest BCUT2D eigenvalue weighted by Crippen LogP contribution is -2.30. The second-order valence-corrected chi connectivity index (χ2v) is 7.20. The number of nitriles is 1. The van der Waals surface area contributed by atoms with Gasteiger partial charge in [0.1, 0.15) is 17.3 Å². The number of rotatable bonds is 7. The second kappa shape index (κ2) is 9.26. The molecule has 1 amide bonds. The maximum Gasteiger partial charge on any atom is 0.419 e. The molecule has 0 N–H and O–H groups in total. The lowest BCUT2D eigenvalue weighted by atomic mass is 10.1. The number of benzene rings is 1. The fraction of sp³-hybridized carbons (Fsp3) is 0.364. The van der Waals surface area contributed by atoms with Crippen LogP contribution >= 0.6 is 0 Å². The molecule has 0 bridgehead atoms. The molecular weight excluding hydrogens is 423 g/mol. The van der Waals surface area contributed by atoms with Crippen molar-refractivity contribution < 1.29 is 22.7 Å². The molecule has 2 aromatic heterocycles. The summed E-state index contributed by atoms with van der Waals surface area (Å²) in [5.74, 6) is -0.392. The molecule has 0 radical (unpaired) electrons. The van der Waals surface area contributed by atoms with E-state index >= 15 is 0 Å². The largest absolute Gasteiger partial charge is 0.493 e. The fourth-order valence-corrected chi connectivity index (χ4v) is 3.37. The average Bonchev–Trinajstić information content (AvgIpc) is 3.13. The molecule has 0 unspecified atom stereocenters. The van der Waals surface area contributed by atoms with E-state index in [1.165, 1.54) is 25.4 Å². The van der Waals surface area contributed by atoms with Crippen LogP contribution in [-0.4, -0.2) is 45.0 Å². The van der Waals surface area contributed by atoms with Gasteiger partial charge in [0.2, 0.25) is 5.91 Å². The van der Waals surface area contributed by atoms with Crippen LogP contribution in [0.1, 0.15) is 31.5 Å². The number of ether oxygens (including phenoxy) is 1. The number of fused-ring (bicyclic) bond motifs is 1. The molecule has 0 aliphatic rings. The van der Waals surface area contributed by atoms with Crippen LogP contribution in [0, 0.1) is 11.3 Å². The highest BCUT2D eigenvalue weighted by atomic mass is 19.4. The summed E-state index contributed by atoms with van der Waals surface area (Å²) in [5.41, 5.74) is 0.526. The Morgan fingerprint density at radius 1 is 1.31 bits per heavy atom. The summed E-state index contributed by atoms with van der Waals surface area (Å²) >= 11 is 0. The van der Waals surface area contributed by atoms with Crippen molar-refractivity contribution in [1.29, 1.82) is 5.26 Å². The number of hydrogen-bond acceptors (Lipinski definition) is 5. The van der Waals surface area contributed by atoms with E-state index in [9.17, 15) is 23.2 Å². The number of hydrogen-bond donors (Lipinski definition) is 0. The highest BCUT2D eigenvalue weighted by Crippen LogP contribution is 2.39. The Kier molecular flexibility index (Phi) is 6.67. The zero-order valence-corrected chi connectivity index (χ0v) is 17.9. The summed E-state index contributed by atoms with van der Waals surface area (Å²) in [5, 5.41) is 9.37. The van der Waals surface area contributed by atoms with E-state index in [2.05, 4.69) is 9.97 Å². The van der Waals surface area contributed by atoms with E-state index < -0.39 is 11.7 Å². The molecule has 0 spiro atoms. The Morgan fingerprint density at radius 3 is 2.69 bits per heavy atom. The number of carbonyl (C=O) groups is 1. The van der Waals surface area contributed by atoms with Crippen LogP contribution < -0.4 is 4.74 Å². The predicted octanol–water partition coefficient (Wildman–Crippen LogP) is 4.16. The minimum atomic E-state index is -4.64. The Balaban J connectivity index is 1.89. The van der Waals surface area contributed by atoms with Gasteiger partial charge in [-0.15, -0.1) is 0 Å². The van der Waals surface area contributed by atoms with E-state index in [0.717, 1.165) is 6.07 Å². The number of halogens is 3. The van der Waals surface area contributed by atoms with Gasteiger partial charge in [0.25, 0.3) is 0 Å². The fourth-order valence-electron chi connectivity index (χ4n) is 3.37. The van der Waals surface area contributed by atoms with Crippen molar-refractivity contribution in [2.45, 2.75) is 26.4 Å². The molecule has 10 heteroatoms. The van der Waals surface area contributed by atoms with Crippen molar-refractivity contribution in [3.05, 3.63) is 41.9 Å². The summed E-state index contributed by atoms with van der Waals surface area (Å²) in [4.78, 5) is 21.3. The molecule has 32 heavy (non-hydrogen) atoms. The molecule has 0 aliphatic carbocycles. The molecule has 0 atom stereocenters. The van der Waals surface area contributed by atoms with E-state index in [0.29, 0.717) is 30.5 Å². The molecule has 1 aromatic carbocycles. The standard InChI is InChI=1S/C22H22F3N5O2/c1-4-30(14(2)31)8-5-9-32-20-7-6-15(10-16(20)22(23,24)25)17-11-19-21(18(12-26)28-17)27-13-29(19)3/h6-7,10-11,13H,4-5,8-9H2,1-3H3. The maximum atomic E-state index is 13.7. The first-order valence-electron chi connectivity index (χ1n) is 9.97. The molecule has 3 aromatic rings. The van der Waals surface area contributed by atoms with E-state index in [1.807, 2.05) is 13.0 Å². The molecule has 0 aliphatic heterocycles. The zero-order chi connectivity index (χ0) is 23.5. The topological polar surface area (TPSA) is 84.0 Å². The van der Waals surface area contributed by atoms with Gasteiger partial charge in [0, 0.05) is 32.6 Å². The van der Waals surface area contributed by atoms with Crippen molar-refractivity contribution in [2.24, 2.45) is 7.05 Å². The van der Waals surface area contributed by atoms with Crippen LogP contribution in [0.4, 0.5) is 13.2 Å². The number of imidazole rings is 1.